The number of carbonyl (C=O) groups is 1. The van der Waals surface area contributed by atoms with Crippen molar-refractivity contribution in [2.45, 2.75) is 6.42 Å². The van der Waals surface area contributed by atoms with Gasteiger partial charge in [-0.2, -0.15) is 0 Å². The quantitative estimate of drug-likeness (QED) is 0.717. The van der Waals surface area contributed by atoms with Crippen LogP contribution in [0.1, 0.15) is 6.42 Å². The molecule has 0 radical (unpaired) electrons. The van der Waals surface area contributed by atoms with Crippen molar-refractivity contribution in [3.63, 3.8) is 0 Å². The molecule has 1 aromatic heterocycles. The zero-order valence-electron chi connectivity index (χ0n) is 8.06. The van der Waals surface area contributed by atoms with Crippen LogP contribution in [-0.4, -0.2) is 22.4 Å². The van der Waals surface area contributed by atoms with Gasteiger partial charge in [0.1, 0.15) is 0 Å². The Balaban J connectivity index is 2.29. The van der Waals surface area contributed by atoms with Crippen LogP contribution in [0.5, 0.6) is 0 Å². The highest BCUT2D eigenvalue weighted by Gasteiger charge is 2.30. The molecule has 0 aliphatic carbocycles. The molecular weight excluding hydrogens is 214 g/mol. The van der Waals surface area contributed by atoms with Gasteiger partial charge in [-0.1, -0.05) is 17.7 Å². The summed E-state index contributed by atoms with van der Waals surface area (Å²) in [6.45, 7) is 4.26. The molecule has 1 atom stereocenters. The molecule has 1 aliphatic heterocycles. The zero-order chi connectivity index (χ0) is 10.8. The van der Waals surface area contributed by atoms with Crippen LogP contribution in [0, 0.1) is 5.92 Å². The number of nitrogens with zero attached hydrogens (tertiary/aromatic N) is 3. The van der Waals surface area contributed by atoms with Crippen molar-refractivity contribution in [3.8, 4) is 0 Å². The Hall–Kier alpha value is -1.42. The van der Waals surface area contributed by atoms with E-state index in [0.717, 1.165) is 0 Å². The Kier molecular flexibility index (Phi) is 2.68. The van der Waals surface area contributed by atoms with Crippen molar-refractivity contribution < 1.29 is 4.79 Å². The fourth-order valence-electron chi connectivity index (χ4n) is 1.59. The molecule has 4 nitrogen and oxygen atoms in total. The van der Waals surface area contributed by atoms with E-state index in [-0.39, 0.29) is 17.0 Å². The van der Waals surface area contributed by atoms with E-state index in [0.29, 0.717) is 18.8 Å². The third-order valence-corrected chi connectivity index (χ3v) is 2.65. The summed E-state index contributed by atoms with van der Waals surface area (Å²) in [4.78, 5) is 21.2. The molecule has 78 valence electrons. The first-order valence-electron chi connectivity index (χ1n) is 4.62. The highest BCUT2D eigenvalue weighted by molar-refractivity contribution is 6.32. The second kappa shape index (κ2) is 3.98. The number of rotatable bonds is 2. The first kappa shape index (κ1) is 10.1. The van der Waals surface area contributed by atoms with Crippen LogP contribution in [0.15, 0.2) is 25.0 Å². The number of carbonyl (C=O) groups excluding carboxylic acids is 1. The lowest BCUT2D eigenvalue weighted by Gasteiger charge is -2.15. The van der Waals surface area contributed by atoms with Crippen molar-refractivity contribution in [3.05, 3.63) is 30.2 Å². The van der Waals surface area contributed by atoms with Crippen LogP contribution in [0.4, 0.5) is 5.82 Å². The Bertz CT molecular complexity index is 407. The van der Waals surface area contributed by atoms with Gasteiger partial charge in [0.05, 0.1) is 0 Å². The summed E-state index contributed by atoms with van der Waals surface area (Å²) in [6.07, 6.45) is 5.27. The molecule has 0 spiro atoms. The van der Waals surface area contributed by atoms with Gasteiger partial charge in [0.2, 0.25) is 5.91 Å². The van der Waals surface area contributed by atoms with Crippen molar-refractivity contribution in [1.29, 1.82) is 0 Å². The Morgan fingerprint density at radius 2 is 2.27 bits per heavy atom. The molecule has 0 saturated carbocycles. The van der Waals surface area contributed by atoms with Gasteiger partial charge in [0, 0.05) is 31.3 Å². The van der Waals surface area contributed by atoms with Gasteiger partial charge in [-0.3, -0.25) is 9.69 Å². The van der Waals surface area contributed by atoms with E-state index in [9.17, 15) is 4.79 Å². The van der Waals surface area contributed by atoms with E-state index >= 15 is 0 Å². The number of hydrogen-bond donors (Lipinski definition) is 0. The first-order chi connectivity index (χ1) is 7.22. The normalized spacial score (nSPS) is 20.7. The van der Waals surface area contributed by atoms with Crippen molar-refractivity contribution >= 4 is 23.3 Å². The molecule has 1 unspecified atom stereocenters. The van der Waals surface area contributed by atoms with E-state index < -0.39 is 0 Å². The van der Waals surface area contributed by atoms with Gasteiger partial charge >= 0.3 is 0 Å². The molecule has 1 aromatic rings. The Morgan fingerprint density at radius 3 is 2.87 bits per heavy atom. The van der Waals surface area contributed by atoms with Gasteiger partial charge < -0.3 is 0 Å². The highest BCUT2D eigenvalue weighted by atomic mass is 35.5. The van der Waals surface area contributed by atoms with Gasteiger partial charge in [0.15, 0.2) is 11.0 Å². The topological polar surface area (TPSA) is 46.1 Å². The van der Waals surface area contributed by atoms with E-state index in [1.165, 1.54) is 12.4 Å². The van der Waals surface area contributed by atoms with Crippen LogP contribution in [0.2, 0.25) is 5.15 Å². The average molecular weight is 224 g/mol. The number of amides is 1. The molecule has 1 saturated heterocycles. The van der Waals surface area contributed by atoms with Crippen LogP contribution >= 0.6 is 11.6 Å². The van der Waals surface area contributed by atoms with Gasteiger partial charge in [-0.05, 0) is 0 Å². The third-order valence-electron chi connectivity index (χ3n) is 2.38. The van der Waals surface area contributed by atoms with E-state index in [1.54, 1.807) is 11.0 Å². The maximum absolute atomic E-state index is 11.6. The molecule has 2 heterocycles. The predicted molar refractivity (Wildman–Crippen MR) is 57.7 cm³/mol. The number of anilines is 1. The van der Waals surface area contributed by atoms with Crippen LogP contribution in [0.25, 0.3) is 0 Å². The molecule has 15 heavy (non-hydrogen) atoms. The van der Waals surface area contributed by atoms with Gasteiger partial charge in [-0.25, -0.2) is 9.97 Å². The smallest absolute Gasteiger partial charge is 0.228 e. The van der Waals surface area contributed by atoms with Gasteiger partial charge in [-0.15, -0.1) is 6.58 Å². The molecule has 1 amide bonds. The molecule has 1 fully saturated rings. The Labute approximate surface area is 92.6 Å². The summed E-state index contributed by atoms with van der Waals surface area (Å²) in [5, 5.41) is 0.260. The number of halogens is 1. The fourth-order valence-corrected chi connectivity index (χ4v) is 1.80. The minimum Gasteiger partial charge on any atom is -0.294 e. The number of aromatic nitrogens is 2. The predicted octanol–water partition coefficient (Wildman–Crippen LogP) is 1.67. The maximum Gasteiger partial charge on any atom is 0.228 e. The summed E-state index contributed by atoms with van der Waals surface area (Å²) in [7, 11) is 0. The van der Waals surface area contributed by atoms with Gasteiger partial charge in [0.25, 0.3) is 0 Å². The number of hydrogen-bond acceptors (Lipinski definition) is 3. The monoisotopic (exact) mass is 223 g/mol. The fraction of sp³-hybridized carbons (Fsp3) is 0.300. The van der Waals surface area contributed by atoms with E-state index in [2.05, 4.69) is 16.5 Å². The van der Waals surface area contributed by atoms with E-state index in [4.69, 9.17) is 11.6 Å². The molecule has 0 N–H and O–H groups in total. The van der Waals surface area contributed by atoms with Crippen LogP contribution < -0.4 is 4.90 Å². The average Bonchev–Trinajstić information content (AvgIpc) is 2.60. The summed E-state index contributed by atoms with van der Waals surface area (Å²) in [6, 6.07) is 0. The molecule has 5 heteroatoms. The summed E-state index contributed by atoms with van der Waals surface area (Å²) in [5.74, 6) is 0.631. The summed E-state index contributed by atoms with van der Waals surface area (Å²) in [5.41, 5.74) is 0. The third kappa shape index (κ3) is 1.85. The lowest BCUT2D eigenvalue weighted by Crippen LogP contribution is -2.25. The van der Waals surface area contributed by atoms with Crippen molar-refractivity contribution in [2.24, 2.45) is 5.92 Å². The standard InChI is InChI=1S/C10H10ClN3O/c1-2-7-5-8(15)14(6-7)10-9(11)12-3-4-13-10/h2-4,7H,1,5-6H2. The zero-order valence-corrected chi connectivity index (χ0v) is 8.81. The second-order valence-electron chi connectivity index (χ2n) is 3.38. The van der Waals surface area contributed by atoms with Crippen molar-refractivity contribution in [2.75, 3.05) is 11.4 Å². The lowest BCUT2D eigenvalue weighted by atomic mass is 10.1. The molecular formula is C10H10ClN3O. The minimum atomic E-state index is 0.0160. The summed E-state index contributed by atoms with van der Waals surface area (Å²) >= 11 is 5.87. The molecule has 0 bridgehead atoms. The Morgan fingerprint density at radius 1 is 1.53 bits per heavy atom. The SMILES string of the molecule is C=CC1CC(=O)N(c2nccnc2Cl)C1. The van der Waals surface area contributed by atoms with Crippen LogP contribution in [-0.2, 0) is 4.79 Å². The minimum absolute atomic E-state index is 0.0160. The first-order valence-corrected chi connectivity index (χ1v) is 4.99. The van der Waals surface area contributed by atoms with Crippen LogP contribution in [0.3, 0.4) is 0 Å². The van der Waals surface area contributed by atoms with Crippen molar-refractivity contribution in [1.82, 2.24) is 9.97 Å². The molecule has 1 aliphatic rings. The highest BCUT2D eigenvalue weighted by Crippen LogP contribution is 2.27. The lowest BCUT2D eigenvalue weighted by molar-refractivity contribution is -0.117. The molecule has 0 aromatic carbocycles. The summed E-state index contributed by atoms with van der Waals surface area (Å²) < 4.78 is 0. The van der Waals surface area contributed by atoms with E-state index in [1.807, 2.05) is 0 Å². The molecule has 2 rings (SSSR count). The maximum atomic E-state index is 11.6. The largest absolute Gasteiger partial charge is 0.294 e. The second-order valence-corrected chi connectivity index (χ2v) is 3.73.